The first-order valence-corrected chi connectivity index (χ1v) is 11.0. The molecule has 0 spiro atoms. The van der Waals surface area contributed by atoms with Gasteiger partial charge >= 0.3 is 0 Å². The second kappa shape index (κ2) is 9.13. The van der Waals surface area contributed by atoms with Crippen molar-refractivity contribution in [3.63, 3.8) is 0 Å². The summed E-state index contributed by atoms with van der Waals surface area (Å²) in [5.74, 6) is 0.0456. The van der Waals surface area contributed by atoms with Gasteiger partial charge in [0.1, 0.15) is 5.82 Å². The zero-order valence-corrected chi connectivity index (χ0v) is 19.0. The molecule has 1 aliphatic rings. The molecule has 1 atom stereocenters. The summed E-state index contributed by atoms with van der Waals surface area (Å²) in [6, 6.07) is 12.7. The highest BCUT2D eigenvalue weighted by Gasteiger charge is 2.29. The standard InChI is InChI=1S/C25H27FN4O3/c1-25(2,3)24-28-21(29-33-24)16-8-12-20(13-9-16)27-22(31)18-5-4-14-30(15-18)23(32)17-6-10-19(26)11-7-17/h6-13,18H,4-5,14-15H2,1-3H3,(H,27,31). The Labute approximate surface area is 192 Å². The normalized spacial score (nSPS) is 16.5. The lowest BCUT2D eigenvalue weighted by molar-refractivity contribution is -0.121. The third-order valence-corrected chi connectivity index (χ3v) is 5.65. The predicted molar refractivity (Wildman–Crippen MR) is 122 cm³/mol. The molecule has 4 rings (SSSR count). The van der Waals surface area contributed by atoms with E-state index in [1.54, 1.807) is 17.0 Å². The number of anilines is 1. The van der Waals surface area contributed by atoms with E-state index in [0.717, 1.165) is 12.0 Å². The molecule has 1 N–H and O–H groups in total. The highest BCUT2D eigenvalue weighted by molar-refractivity contribution is 5.96. The monoisotopic (exact) mass is 450 g/mol. The van der Waals surface area contributed by atoms with Gasteiger partial charge in [0.2, 0.25) is 17.6 Å². The van der Waals surface area contributed by atoms with Crippen LogP contribution in [-0.4, -0.2) is 39.9 Å². The van der Waals surface area contributed by atoms with Crippen molar-refractivity contribution in [1.29, 1.82) is 0 Å². The van der Waals surface area contributed by atoms with Crippen molar-refractivity contribution in [2.75, 3.05) is 18.4 Å². The summed E-state index contributed by atoms with van der Waals surface area (Å²) in [4.78, 5) is 31.7. The average Bonchev–Trinajstić information content (AvgIpc) is 3.31. The van der Waals surface area contributed by atoms with Gasteiger partial charge in [-0.15, -0.1) is 0 Å². The van der Waals surface area contributed by atoms with E-state index in [4.69, 9.17) is 4.52 Å². The van der Waals surface area contributed by atoms with Gasteiger partial charge in [-0.1, -0.05) is 25.9 Å². The SMILES string of the molecule is CC(C)(C)c1nc(-c2ccc(NC(=O)C3CCCN(C(=O)c4ccc(F)cc4)C3)cc2)no1. The lowest BCUT2D eigenvalue weighted by Gasteiger charge is -2.32. The molecule has 1 saturated heterocycles. The third-order valence-electron chi connectivity index (χ3n) is 5.65. The van der Waals surface area contributed by atoms with E-state index in [0.29, 0.717) is 42.5 Å². The van der Waals surface area contributed by atoms with Crippen LogP contribution in [0.3, 0.4) is 0 Å². The molecule has 172 valence electrons. The van der Waals surface area contributed by atoms with Crippen molar-refractivity contribution >= 4 is 17.5 Å². The topological polar surface area (TPSA) is 88.3 Å². The smallest absolute Gasteiger partial charge is 0.253 e. The van der Waals surface area contributed by atoms with Gasteiger partial charge in [0.15, 0.2) is 0 Å². The number of piperidine rings is 1. The van der Waals surface area contributed by atoms with E-state index in [-0.39, 0.29) is 29.0 Å². The summed E-state index contributed by atoms with van der Waals surface area (Å²) >= 11 is 0. The lowest BCUT2D eigenvalue weighted by Crippen LogP contribution is -2.43. The molecule has 2 aromatic carbocycles. The molecule has 0 radical (unpaired) electrons. The molecule has 8 heteroatoms. The van der Waals surface area contributed by atoms with Crippen molar-refractivity contribution < 1.29 is 18.5 Å². The Morgan fingerprint density at radius 1 is 1.09 bits per heavy atom. The van der Waals surface area contributed by atoms with Gasteiger partial charge in [-0.25, -0.2) is 4.39 Å². The van der Waals surface area contributed by atoms with E-state index >= 15 is 0 Å². The molecule has 1 aliphatic heterocycles. The Kier molecular flexibility index (Phi) is 6.26. The number of halogens is 1. The Morgan fingerprint density at radius 2 is 1.79 bits per heavy atom. The third kappa shape index (κ3) is 5.27. The van der Waals surface area contributed by atoms with Gasteiger partial charge in [0.25, 0.3) is 5.91 Å². The fourth-order valence-electron chi connectivity index (χ4n) is 3.74. The number of amides is 2. The van der Waals surface area contributed by atoms with Crippen molar-refractivity contribution in [3.8, 4) is 11.4 Å². The maximum atomic E-state index is 13.1. The van der Waals surface area contributed by atoms with Crippen LogP contribution in [0, 0.1) is 11.7 Å². The van der Waals surface area contributed by atoms with Gasteiger partial charge in [-0.05, 0) is 61.4 Å². The zero-order chi connectivity index (χ0) is 23.6. The Balaban J connectivity index is 1.38. The summed E-state index contributed by atoms with van der Waals surface area (Å²) < 4.78 is 18.5. The number of benzene rings is 2. The van der Waals surface area contributed by atoms with Crippen LogP contribution in [-0.2, 0) is 10.2 Å². The predicted octanol–water partition coefficient (Wildman–Crippen LogP) is 4.66. The number of nitrogens with zero attached hydrogens (tertiary/aromatic N) is 3. The molecule has 1 unspecified atom stereocenters. The maximum Gasteiger partial charge on any atom is 0.253 e. The summed E-state index contributed by atoms with van der Waals surface area (Å²) in [5, 5.41) is 6.98. The van der Waals surface area contributed by atoms with Crippen molar-refractivity contribution in [2.24, 2.45) is 5.92 Å². The first-order valence-electron chi connectivity index (χ1n) is 11.0. The highest BCUT2D eigenvalue weighted by Crippen LogP contribution is 2.25. The summed E-state index contributed by atoms with van der Waals surface area (Å²) in [6.45, 7) is 6.92. The number of nitrogens with one attached hydrogen (secondary N) is 1. The summed E-state index contributed by atoms with van der Waals surface area (Å²) in [5.41, 5.74) is 1.64. The number of carbonyl (C=O) groups excluding carboxylic acids is 2. The van der Waals surface area contributed by atoms with Gasteiger partial charge in [0.05, 0.1) is 5.92 Å². The van der Waals surface area contributed by atoms with Crippen LogP contribution in [0.2, 0.25) is 0 Å². The molecule has 33 heavy (non-hydrogen) atoms. The molecule has 7 nitrogen and oxygen atoms in total. The minimum absolute atomic E-state index is 0.131. The van der Waals surface area contributed by atoms with Crippen molar-refractivity contribution in [3.05, 3.63) is 65.8 Å². The van der Waals surface area contributed by atoms with E-state index < -0.39 is 0 Å². The number of carbonyl (C=O) groups is 2. The summed E-state index contributed by atoms with van der Waals surface area (Å²) in [7, 11) is 0. The molecule has 1 aromatic heterocycles. The number of aromatic nitrogens is 2. The van der Waals surface area contributed by atoms with E-state index in [2.05, 4.69) is 15.5 Å². The van der Waals surface area contributed by atoms with Gasteiger partial charge < -0.3 is 14.7 Å². The fraction of sp³-hybridized carbons (Fsp3) is 0.360. The second-order valence-electron chi connectivity index (χ2n) is 9.34. The van der Waals surface area contributed by atoms with Gasteiger partial charge in [-0.2, -0.15) is 4.98 Å². The number of rotatable bonds is 4. The molecular weight excluding hydrogens is 423 g/mol. The van der Waals surface area contributed by atoms with Gasteiger partial charge in [-0.3, -0.25) is 9.59 Å². The van der Waals surface area contributed by atoms with Crippen LogP contribution in [0.15, 0.2) is 53.1 Å². The quantitative estimate of drug-likeness (QED) is 0.624. The Hall–Kier alpha value is -3.55. The van der Waals surface area contributed by atoms with Crippen LogP contribution in [0.4, 0.5) is 10.1 Å². The van der Waals surface area contributed by atoms with Crippen LogP contribution in [0.5, 0.6) is 0 Å². The van der Waals surface area contributed by atoms with Gasteiger partial charge in [0, 0.05) is 35.3 Å². The van der Waals surface area contributed by atoms with Crippen LogP contribution in [0.25, 0.3) is 11.4 Å². The number of hydrogen-bond acceptors (Lipinski definition) is 5. The molecule has 0 bridgehead atoms. The number of likely N-dealkylation sites (tertiary alicyclic amines) is 1. The summed E-state index contributed by atoms with van der Waals surface area (Å²) in [6.07, 6.45) is 1.44. The fourth-order valence-corrected chi connectivity index (χ4v) is 3.74. The van der Waals surface area contributed by atoms with E-state index in [9.17, 15) is 14.0 Å². The van der Waals surface area contributed by atoms with Crippen molar-refractivity contribution in [2.45, 2.75) is 39.0 Å². The molecule has 2 amide bonds. The molecular formula is C25H27FN4O3. The largest absolute Gasteiger partial charge is 0.338 e. The lowest BCUT2D eigenvalue weighted by atomic mass is 9.96. The zero-order valence-electron chi connectivity index (χ0n) is 19.0. The number of hydrogen-bond donors (Lipinski definition) is 1. The molecule has 1 fully saturated rings. The minimum atomic E-state index is -0.387. The molecule has 3 aromatic rings. The van der Waals surface area contributed by atoms with Crippen molar-refractivity contribution in [1.82, 2.24) is 15.0 Å². The van der Waals surface area contributed by atoms with Crippen LogP contribution >= 0.6 is 0 Å². The minimum Gasteiger partial charge on any atom is -0.338 e. The average molecular weight is 451 g/mol. The first-order chi connectivity index (χ1) is 15.7. The van der Waals surface area contributed by atoms with Crippen LogP contribution in [0.1, 0.15) is 49.9 Å². The van der Waals surface area contributed by atoms with E-state index in [1.807, 2.05) is 32.9 Å². The van der Waals surface area contributed by atoms with E-state index in [1.165, 1.54) is 24.3 Å². The Morgan fingerprint density at radius 3 is 2.42 bits per heavy atom. The molecule has 0 aliphatic carbocycles. The van der Waals surface area contributed by atoms with Crippen LogP contribution < -0.4 is 5.32 Å². The second-order valence-corrected chi connectivity index (χ2v) is 9.34. The highest BCUT2D eigenvalue weighted by atomic mass is 19.1. The molecule has 2 heterocycles. The molecule has 0 saturated carbocycles. The maximum absolute atomic E-state index is 13.1. The Bertz CT molecular complexity index is 1130. The first kappa shape index (κ1) is 22.6.